The van der Waals surface area contributed by atoms with Gasteiger partial charge in [0.2, 0.25) is 5.95 Å². The second-order valence-electron chi connectivity index (χ2n) is 4.76. The molecule has 3 rings (SSSR count). The highest BCUT2D eigenvalue weighted by Gasteiger charge is 2.24. The summed E-state index contributed by atoms with van der Waals surface area (Å²) in [5, 5.41) is 4.54. The molecule has 0 bridgehead atoms. The zero-order valence-corrected chi connectivity index (χ0v) is 11.7. The van der Waals surface area contributed by atoms with E-state index in [1.165, 1.54) is 24.3 Å². The fourth-order valence-corrected chi connectivity index (χ4v) is 3.81. The van der Waals surface area contributed by atoms with Crippen LogP contribution in [0.3, 0.4) is 0 Å². The van der Waals surface area contributed by atoms with Crippen LogP contribution in [0.2, 0.25) is 0 Å². The Morgan fingerprint density at radius 2 is 2.11 bits per heavy atom. The Labute approximate surface area is 111 Å². The lowest BCUT2D eigenvalue weighted by atomic mass is 10.1. The van der Waals surface area contributed by atoms with Crippen molar-refractivity contribution >= 4 is 28.9 Å². The van der Waals surface area contributed by atoms with E-state index in [2.05, 4.69) is 21.6 Å². The van der Waals surface area contributed by atoms with Gasteiger partial charge in [-0.05, 0) is 38.2 Å². The summed E-state index contributed by atoms with van der Waals surface area (Å²) in [6, 6.07) is 0.484. The number of rotatable bonds is 2. The molecular weight excluding hydrogens is 246 g/mol. The number of nitrogens with zero attached hydrogens (tertiary/aromatic N) is 4. The molecule has 0 saturated carbocycles. The summed E-state index contributed by atoms with van der Waals surface area (Å²) < 4.78 is 4.23. The van der Waals surface area contributed by atoms with E-state index in [-0.39, 0.29) is 0 Å². The van der Waals surface area contributed by atoms with Gasteiger partial charge in [-0.1, -0.05) is 0 Å². The molecule has 1 aliphatic heterocycles. The van der Waals surface area contributed by atoms with Gasteiger partial charge in [-0.25, -0.2) is 9.67 Å². The molecule has 3 heterocycles. The van der Waals surface area contributed by atoms with E-state index in [0.717, 1.165) is 23.4 Å². The number of fused-ring (bicyclic) bond motifs is 1. The first-order valence-corrected chi connectivity index (χ1v) is 7.66. The molecule has 0 spiro atoms. The number of hydrogen-bond acceptors (Lipinski definition) is 4. The smallest absolute Gasteiger partial charge is 0.202 e. The van der Waals surface area contributed by atoms with Gasteiger partial charge in [-0.15, -0.1) is 0 Å². The minimum atomic E-state index is 0.484. The first-order valence-electron chi connectivity index (χ1n) is 6.51. The topological polar surface area (TPSA) is 61.7 Å². The van der Waals surface area contributed by atoms with E-state index in [1.807, 2.05) is 23.4 Å². The van der Waals surface area contributed by atoms with Gasteiger partial charge in [0.25, 0.3) is 0 Å². The maximum Gasteiger partial charge on any atom is 0.202 e. The minimum Gasteiger partial charge on any atom is -0.369 e. The molecule has 1 aliphatic rings. The molecule has 0 atom stereocenters. The summed E-state index contributed by atoms with van der Waals surface area (Å²) >= 11 is 2.03. The molecule has 0 radical (unpaired) electrons. The first-order chi connectivity index (χ1) is 8.72. The van der Waals surface area contributed by atoms with Crippen molar-refractivity contribution in [3.8, 4) is 0 Å². The number of anilines is 1. The van der Waals surface area contributed by atoms with E-state index in [1.54, 1.807) is 0 Å². The molecule has 2 aromatic rings. The van der Waals surface area contributed by atoms with Crippen molar-refractivity contribution in [1.82, 2.24) is 19.3 Å². The first kappa shape index (κ1) is 11.9. The third-order valence-electron chi connectivity index (χ3n) is 3.63. The molecule has 2 N–H and O–H groups in total. The van der Waals surface area contributed by atoms with Crippen LogP contribution >= 0.6 is 11.8 Å². The van der Waals surface area contributed by atoms with Gasteiger partial charge in [0, 0.05) is 12.6 Å². The zero-order chi connectivity index (χ0) is 12.7. The van der Waals surface area contributed by atoms with Crippen molar-refractivity contribution in [2.75, 3.05) is 17.2 Å². The highest BCUT2D eigenvalue weighted by molar-refractivity contribution is 7.99. The summed E-state index contributed by atoms with van der Waals surface area (Å²) in [6.45, 7) is 4.97. The van der Waals surface area contributed by atoms with Crippen molar-refractivity contribution in [2.24, 2.45) is 0 Å². The molecule has 6 heteroatoms. The number of aryl methyl sites for hydroxylation is 2. The Hall–Kier alpha value is -1.17. The number of nitrogen functional groups attached to an aromatic ring is 1. The Balaban J connectivity index is 2.16. The average molecular weight is 265 g/mol. The maximum atomic E-state index is 6.13. The fourth-order valence-electron chi connectivity index (χ4n) is 2.73. The predicted molar refractivity (Wildman–Crippen MR) is 75.9 cm³/mol. The van der Waals surface area contributed by atoms with Gasteiger partial charge < -0.3 is 5.73 Å². The summed E-state index contributed by atoms with van der Waals surface area (Å²) in [4.78, 5) is 4.51. The van der Waals surface area contributed by atoms with E-state index < -0.39 is 0 Å². The summed E-state index contributed by atoms with van der Waals surface area (Å²) in [5.74, 6) is 3.07. The summed E-state index contributed by atoms with van der Waals surface area (Å²) in [7, 11) is 0. The molecule has 2 aromatic heterocycles. The molecular formula is C12H19N5S. The molecule has 0 unspecified atom stereocenters. The largest absolute Gasteiger partial charge is 0.369 e. The monoisotopic (exact) mass is 265 g/mol. The van der Waals surface area contributed by atoms with Gasteiger partial charge in [0.1, 0.15) is 5.52 Å². The normalized spacial score (nSPS) is 17.7. The highest BCUT2D eigenvalue weighted by Crippen LogP contribution is 2.33. The predicted octanol–water partition coefficient (Wildman–Crippen LogP) is 2.21. The maximum absolute atomic E-state index is 6.13. The molecule has 1 fully saturated rings. The zero-order valence-electron chi connectivity index (χ0n) is 10.9. The Kier molecular flexibility index (Phi) is 2.97. The molecule has 1 saturated heterocycles. The second kappa shape index (κ2) is 4.50. The van der Waals surface area contributed by atoms with Crippen molar-refractivity contribution in [2.45, 2.75) is 39.3 Å². The standard InChI is InChI=1S/C12H19N5S/c1-3-16-11-10(8(2)15-16)14-12(13)17(11)9-4-6-18-7-5-9/h9H,3-7H2,1-2H3,(H2,13,14). The van der Waals surface area contributed by atoms with Crippen LogP contribution in [0.5, 0.6) is 0 Å². The summed E-state index contributed by atoms with van der Waals surface area (Å²) in [6.07, 6.45) is 2.35. The van der Waals surface area contributed by atoms with E-state index >= 15 is 0 Å². The van der Waals surface area contributed by atoms with Gasteiger partial charge in [0.05, 0.1) is 5.69 Å². The van der Waals surface area contributed by atoms with E-state index in [0.29, 0.717) is 12.0 Å². The Morgan fingerprint density at radius 1 is 1.39 bits per heavy atom. The quantitative estimate of drug-likeness (QED) is 0.904. The van der Waals surface area contributed by atoms with Gasteiger partial charge in [-0.2, -0.15) is 16.9 Å². The third kappa shape index (κ3) is 1.70. The van der Waals surface area contributed by atoms with Crippen LogP contribution in [0.1, 0.15) is 31.5 Å². The van der Waals surface area contributed by atoms with Crippen molar-refractivity contribution < 1.29 is 0 Å². The van der Waals surface area contributed by atoms with E-state index in [4.69, 9.17) is 5.73 Å². The Bertz CT molecular complexity index is 565. The number of aromatic nitrogens is 4. The minimum absolute atomic E-state index is 0.484. The van der Waals surface area contributed by atoms with Crippen molar-refractivity contribution in [3.05, 3.63) is 5.69 Å². The Morgan fingerprint density at radius 3 is 2.78 bits per heavy atom. The van der Waals surface area contributed by atoms with Crippen LogP contribution in [0.4, 0.5) is 5.95 Å². The number of imidazole rings is 1. The van der Waals surface area contributed by atoms with Crippen LogP contribution in [0.15, 0.2) is 0 Å². The SMILES string of the molecule is CCn1nc(C)c2nc(N)n(C3CCSCC3)c21. The molecule has 5 nitrogen and oxygen atoms in total. The van der Waals surface area contributed by atoms with Gasteiger partial charge in [-0.3, -0.25) is 4.57 Å². The van der Waals surface area contributed by atoms with Crippen LogP contribution in [0, 0.1) is 6.92 Å². The lowest BCUT2D eigenvalue weighted by molar-refractivity contribution is 0.475. The van der Waals surface area contributed by atoms with Crippen LogP contribution in [-0.2, 0) is 6.54 Å². The molecule has 18 heavy (non-hydrogen) atoms. The average Bonchev–Trinajstić information content (AvgIpc) is 2.88. The summed E-state index contributed by atoms with van der Waals surface area (Å²) in [5.41, 5.74) is 9.17. The fraction of sp³-hybridized carbons (Fsp3) is 0.667. The number of nitrogens with two attached hydrogens (primary N) is 1. The molecule has 0 amide bonds. The molecule has 98 valence electrons. The van der Waals surface area contributed by atoms with Gasteiger partial charge >= 0.3 is 0 Å². The third-order valence-corrected chi connectivity index (χ3v) is 4.68. The number of thioether (sulfide) groups is 1. The van der Waals surface area contributed by atoms with E-state index in [9.17, 15) is 0 Å². The second-order valence-corrected chi connectivity index (χ2v) is 5.98. The van der Waals surface area contributed by atoms with Gasteiger partial charge in [0.15, 0.2) is 5.65 Å². The van der Waals surface area contributed by atoms with Crippen molar-refractivity contribution in [1.29, 1.82) is 0 Å². The lowest BCUT2D eigenvalue weighted by Gasteiger charge is -2.24. The highest BCUT2D eigenvalue weighted by atomic mass is 32.2. The number of hydrogen-bond donors (Lipinski definition) is 1. The van der Waals surface area contributed by atoms with Crippen LogP contribution < -0.4 is 5.73 Å². The molecule has 0 aliphatic carbocycles. The lowest BCUT2D eigenvalue weighted by Crippen LogP contribution is -2.18. The van der Waals surface area contributed by atoms with Crippen molar-refractivity contribution in [3.63, 3.8) is 0 Å². The van der Waals surface area contributed by atoms with Crippen LogP contribution in [-0.4, -0.2) is 30.8 Å². The van der Waals surface area contributed by atoms with Crippen LogP contribution in [0.25, 0.3) is 11.2 Å². The molecule has 0 aromatic carbocycles.